The highest BCUT2D eigenvalue weighted by Crippen LogP contribution is 2.14. The average Bonchev–Trinajstić information content (AvgIpc) is 2.46. The van der Waals surface area contributed by atoms with Crippen LogP contribution in [0.1, 0.15) is 97.3 Å². The van der Waals surface area contributed by atoms with Crippen molar-refractivity contribution < 1.29 is 4.74 Å². The number of rotatable bonds is 15. The number of ether oxygens (including phenoxy) is 1. The van der Waals surface area contributed by atoms with Gasteiger partial charge >= 0.3 is 0 Å². The second-order valence-electron chi connectivity index (χ2n) is 6.20. The van der Waals surface area contributed by atoms with Gasteiger partial charge in [-0.05, 0) is 12.8 Å². The van der Waals surface area contributed by atoms with Crippen molar-refractivity contribution in [1.82, 2.24) is 0 Å². The van der Waals surface area contributed by atoms with E-state index >= 15 is 0 Å². The molecule has 0 aromatic carbocycles. The van der Waals surface area contributed by atoms with Gasteiger partial charge in [-0.1, -0.05) is 84.5 Å². The molecular weight excluding hydrogens is 246 g/mol. The van der Waals surface area contributed by atoms with Gasteiger partial charge in [0.2, 0.25) is 0 Å². The summed E-state index contributed by atoms with van der Waals surface area (Å²) in [6.07, 6.45) is 17.5. The largest absolute Gasteiger partial charge is 0.380 e. The molecule has 0 rings (SSSR count). The summed E-state index contributed by atoms with van der Waals surface area (Å²) in [5, 5.41) is 0. The molecule has 0 aliphatic rings. The Hall–Kier alpha value is -0.0800. The monoisotopic (exact) mass is 285 g/mol. The fourth-order valence-electron chi connectivity index (χ4n) is 2.84. The van der Waals surface area contributed by atoms with Gasteiger partial charge in [-0.25, -0.2) is 0 Å². The van der Waals surface area contributed by atoms with Gasteiger partial charge in [-0.3, -0.25) is 0 Å². The Labute approximate surface area is 127 Å². The quantitative estimate of drug-likeness (QED) is 0.407. The molecule has 2 unspecified atom stereocenters. The molecule has 0 aliphatic heterocycles. The Morgan fingerprint density at radius 3 is 1.65 bits per heavy atom. The lowest BCUT2D eigenvalue weighted by Gasteiger charge is -2.22. The van der Waals surface area contributed by atoms with Crippen LogP contribution in [0, 0.1) is 0 Å². The molecule has 0 heterocycles. The van der Waals surface area contributed by atoms with E-state index in [0.29, 0.717) is 0 Å². The Bertz CT molecular complexity index is 184. The van der Waals surface area contributed by atoms with Gasteiger partial charge in [-0.15, -0.1) is 0 Å². The number of hydrogen-bond acceptors (Lipinski definition) is 2. The third-order valence-corrected chi connectivity index (χ3v) is 4.24. The fraction of sp³-hybridized carbons (Fsp3) is 1.00. The van der Waals surface area contributed by atoms with E-state index in [-0.39, 0.29) is 12.1 Å². The average molecular weight is 286 g/mol. The molecule has 0 spiro atoms. The number of nitrogens with two attached hydrogens (primary N) is 1. The molecule has 0 bridgehead atoms. The first-order valence-corrected chi connectivity index (χ1v) is 9.04. The molecule has 0 saturated heterocycles. The molecule has 0 fully saturated rings. The molecule has 0 amide bonds. The first-order valence-electron chi connectivity index (χ1n) is 9.04. The van der Waals surface area contributed by atoms with Crippen LogP contribution in [-0.2, 0) is 4.74 Å². The predicted molar refractivity (Wildman–Crippen MR) is 90.1 cm³/mol. The molecule has 2 N–H and O–H groups in total. The molecule has 0 aromatic heterocycles. The normalized spacial score (nSPS) is 14.4. The van der Waals surface area contributed by atoms with E-state index in [1.54, 1.807) is 7.11 Å². The summed E-state index contributed by atoms with van der Waals surface area (Å²) < 4.78 is 5.47. The van der Waals surface area contributed by atoms with Crippen LogP contribution in [-0.4, -0.2) is 19.3 Å². The van der Waals surface area contributed by atoms with E-state index in [1.165, 1.54) is 64.2 Å². The molecule has 0 saturated carbocycles. The molecule has 0 radical (unpaired) electrons. The maximum absolute atomic E-state index is 6.20. The third-order valence-electron chi connectivity index (χ3n) is 4.24. The SMILES string of the molecule is CCCCCCCCCCCCC(N)C(CCC)OC. The summed E-state index contributed by atoms with van der Waals surface area (Å²) in [7, 11) is 1.79. The van der Waals surface area contributed by atoms with Crippen molar-refractivity contribution in [3.63, 3.8) is 0 Å². The molecule has 2 heteroatoms. The second kappa shape index (κ2) is 15.3. The van der Waals surface area contributed by atoms with Crippen LogP contribution < -0.4 is 5.73 Å². The van der Waals surface area contributed by atoms with Crippen molar-refractivity contribution in [2.24, 2.45) is 5.73 Å². The Morgan fingerprint density at radius 1 is 0.700 bits per heavy atom. The minimum atomic E-state index is 0.231. The van der Waals surface area contributed by atoms with Crippen molar-refractivity contribution in [2.45, 2.75) is 109 Å². The molecule has 0 aromatic rings. The van der Waals surface area contributed by atoms with Crippen molar-refractivity contribution in [3.05, 3.63) is 0 Å². The maximum Gasteiger partial charge on any atom is 0.0722 e. The molecule has 122 valence electrons. The third kappa shape index (κ3) is 11.7. The van der Waals surface area contributed by atoms with Gasteiger partial charge in [0, 0.05) is 13.2 Å². The van der Waals surface area contributed by atoms with Gasteiger partial charge < -0.3 is 10.5 Å². The van der Waals surface area contributed by atoms with Crippen LogP contribution in [0.25, 0.3) is 0 Å². The van der Waals surface area contributed by atoms with Crippen LogP contribution in [0.3, 0.4) is 0 Å². The van der Waals surface area contributed by atoms with E-state index in [2.05, 4.69) is 13.8 Å². The molecular formula is C18H39NO. The summed E-state index contributed by atoms with van der Waals surface area (Å²) in [6, 6.07) is 0.231. The first-order chi connectivity index (χ1) is 9.76. The lowest BCUT2D eigenvalue weighted by atomic mass is 9.99. The van der Waals surface area contributed by atoms with Gasteiger partial charge in [0.1, 0.15) is 0 Å². The van der Waals surface area contributed by atoms with E-state index in [0.717, 1.165) is 19.3 Å². The van der Waals surface area contributed by atoms with Crippen LogP contribution >= 0.6 is 0 Å². The van der Waals surface area contributed by atoms with Gasteiger partial charge in [0.15, 0.2) is 0 Å². The zero-order chi connectivity index (χ0) is 15.1. The highest BCUT2D eigenvalue weighted by molar-refractivity contribution is 4.72. The number of methoxy groups -OCH3 is 1. The Kier molecular flexibility index (Phi) is 15.3. The first kappa shape index (κ1) is 19.9. The highest BCUT2D eigenvalue weighted by atomic mass is 16.5. The van der Waals surface area contributed by atoms with Gasteiger partial charge in [-0.2, -0.15) is 0 Å². The number of hydrogen-bond donors (Lipinski definition) is 1. The summed E-state index contributed by atoms with van der Waals surface area (Å²) in [5.74, 6) is 0. The minimum absolute atomic E-state index is 0.231. The molecule has 20 heavy (non-hydrogen) atoms. The lowest BCUT2D eigenvalue weighted by molar-refractivity contribution is 0.0694. The van der Waals surface area contributed by atoms with Gasteiger partial charge in [0.25, 0.3) is 0 Å². The van der Waals surface area contributed by atoms with E-state index in [4.69, 9.17) is 10.5 Å². The van der Waals surface area contributed by atoms with Gasteiger partial charge in [0.05, 0.1) is 6.10 Å². The van der Waals surface area contributed by atoms with Crippen molar-refractivity contribution in [2.75, 3.05) is 7.11 Å². The van der Waals surface area contributed by atoms with Crippen molar-refractivity contribution in [1.29, 1.82) is 0 Å². The van der Waals surface area contributed by atoms with Crippen molar-refractivity contribution >= 4 is 0 Å². The van der Waals surface area contributed by atoms with Crippen LogP contribution in [0.4, 0.5) is 0 Å². The zero-order valence-corrected chi connectivity index (χ0v) is 14.3. The van der Waals surface area contributed by atoms with Crippen LogP contribution in [0.15, 0.2) is 0 Å². The van der Waals surface area contributed by atoms with Crippen molar-refractivity contribution in [3.8, 4) is 0 Å². The summed E-state index contributed by atoms with van der Waals surface area (Å²) in [6.45, 7) is 4.47. The minimum Gasteiger partial charge on any atom is -0.380 e. The van der Waals surface area contributed by atoms with E-state index in [1.807, 2.05) is 0 Å². The predicted octanol–water partition coefficient (Wildman–Crippen LogP) is 5.44. The summed E-state index contributed by atoms with van der Waals surface area (Å²) >= 11 is 0. The maximum atomic E-state index is 6.20. The number of unbranched alkanes of at least 4 members (excludes halogenated alkanes) is 9. The molecule has 0 aliphatic carbocycles. The zero-order valence-electron chi connectivity index (χ0n) is 14.3. The molecule has 2 nitrogen and oxygen atoms in total. The molecule has 2 atom stereocenters. The second-order valence-corrected chi connectivity index (χ2v) is 6.20. The highest BCUT2D eigenvalue weighted by Gasteiger charge is 2.15. The van der Waals surface area contributed by atoms with Crippen LogP contribution in [0.5, 0.6) is 0 Å². The van der Waals surface area contributed by atoms with E-state index < -0.39 is 0 Å². The van der Waals surface area contributed by atoms with E-state index in [9.17, 15) is 0 Å². The topological polar surface area (TPSA) is 35.2 Å². The standard InChI is InChI=1S/C18H39NO/c1-4-6-7-8-9-10-11-12-13-14-16-17(19)18(20-3)15-5-2/h17-18H,4-16,19H2,1-3H3. The smallest absolute Gasteiger partial charge is 0.0722 e. The Balaban J connectivity index is 3.30. The van der Waals surface area contributed by atoms with Crippen LogP contribution in [0.2, 0.25) is 0 Å². The summed E-state index contributed by atoms with van der Waals surface area (Å²) in [5.41, 5.74) is 6.20. The summed E-state index contributed by atoms with van der Waals surface area (Å²) in [4.78, 5) is 0. The lowest BCUT2D eigenvalue weighted by Crippen LogP contribution is -2.35. The Morgan fingerprint density at radius 2 is 1.20 bits per heavy atom. The fourth-order valence-corrected chi connectivity index (χ4v) is 2.84.